The number of thiophene rings is 1. The molecule has 1 aromatic heterocycles. The number of halogens is 1. The first-order valence-corrected chi connectivity index (χ1v) is 8.84. The molecule has 0 fully saturated rings. The van der Waals surface area contributed by atoms with E-state index in [9.17, 15) is 4.39 Å². The first-order valence-electron chi connectivity index (χ1n) is 8.03. The van der Waals surface area contributed by atoms with Crippen molar-refractivity contribution in [1.29, 1.82) is 0 Å². The lowest BCUT2D eigenvalue weighted by Crippen LogP contribution is -1.88. The molecule has 0 saturated heterocycles. The highest BCUT2D eigenvalue weighted by Crippen LogP contribution is 2.36. The predicted octanol–water partition coefficient (Wildman–Crippen LogP) is 6.61. The Hall–Kier alpha value is -1.67. The molecule has 0 nitrogen and oxygen atoms in total. The van der Waals surface area contributed by atoms with E-state index >= 15 is 0 Å². The Morgan fingerprint density at radius 1 is 0.909 bits per heavy atom. The molecule has 114 valence electrons. The first-order chi connectivity index (χ1) is 10.7. The van der Waals surface area contributed by atoms with Crippen molar-refractivity contribution in [3.05, 3.63) is 59.4 Å². The second-order valence-electron chi connectivity index (χ2n) is 5.76. The average molecular weight is 312 g/mol. The van der Waals surface area contributed by atoms with Gasteiger partial charge in [-0.1, -0.05) is 63.1 Å². The molecule has 0 aliphatic rings. The van der Waals surface area contributed by atoms with Crippen molar-refractivity contribution in [2.24, 2.45) is 0 Å². The van der Waals surface area contributed by atoms with E-state index in [0.29, 0.717) is 0 Å². The van der Waals surface area contributed by atoms with Crippen LogP contribution in [-0.2, 0) is 12.8 Å². The normalized spacial score (nSPS) is 11.2. The highest BCUT2D eigenvalue weighted by Gasteiger charge is 2.11. The second kappa shape index (κ2) is 6.62. The Balaban J connectivity index is 1.99. The molecule has 0 saturated carbocycles. The summed E-state index contributed by atoms with van der Waals surface area (Å²) in [5.41, 5.74) is 3.38. The summed E-state index contributed by atoms with van der Waals surface area (Å²) in [5.74, 6) is -0.0294. The summed E-state index contributed by atoms with van der Waals surface area (Å²) in [6, 6.07) is 14.8. The van der Waals surface area contributed by atoms with Crippen LogP contribution < -0.4 is 0 Å². The summed E-state index contributed by atoms with van der Waals surface area (Å²) in [6.07, 6.45) is 4.05. The van der Waals surface area contributed by atoms with Gasteiger partial charge in [0, 0.05) is 4.88 Å². The summed E-state index contributed by atoms with van der Waals surface area (Å²) in [4.78, 5) is 1.14. The minimum atomic E-state index is -0.0294. The number of hydrogen-bond donors (Lipinski definition) is 0. The van der Waals surface area contributed by atoms with Crippen molar-refractivity contribution in [1.82, 2.24) is 0 Å². The fourth-order valence-corrected chi connectivity index (χ4v) is 3.96. The third-order valence-corrected chi connectivity index (χ3v) is 5.20. The minimum Gasteiger partial charge on any atom is -0.205 e. The molecule has 0 radical (unpaired) electrons. The average Bonchev–Trinajstić information content (AvgIpc) is 2.96. The van der Waals surface area contributed by atoms with Crippen LogP contribution in [0.25, 0.3) is 20.5 Å². The zero-order valence-electron chi connectivity index (χ0n) is 13.2. The van der Waals surface area contributed by atoms with Crippen LogP contribution in [0.3, 0.4) is 0 Å². The molecule has 3 aromatic rings. The molecule has 2 aromatic carbocycles. The van der Waals surface area contributed by atoms with Gasteiger partial charge in [-0.25, -0.2) is 4.39 Å². The predicted molar refractivity (Wildman–Crippen MR) is 95.2 cm³/mol. The first kappa shape index (κ1) is 15.2. The van der Waals surface area contributed by atoms with E-state index in [1.54, 1.807) is 11.3 Å². The second-order valence-corrected chi connectivity index (χ2v) is 6.82. The van der Waals surface area contributed by atoms with Gasteiger partial charge < -0.3 is 0 Å². The van der Waals surface area contributed by atoms with Crippen molar-refractivity contribution in [3.63, 3.8) is 0 Å². The van der Waals surface area contributed by atoms with E-state index in [4.69, 9.17) is 0 Å². The number of rotatable bonds is 5. The summed E-state index contributed by atoms with van der Waals surface area (Å²) < 4.78 is 15.4. The van der Waals surface area contributed by atoms with Gasteiger partial charge in [-0.15, -0.1) is 11.3 Å². The highest BCUT2D eigenvalue weighted by molar-refractivity contribution is 7.22. The third-order valence-electron chi connectivity index (χ3n) is 4.00. The molecule has 0 aliphatic carbocycles. The van der Waals surface area contributed by atoms with Crippen LogP contribution in [0.5, 0.6) is 0 Å². The molecular weight excluding hydrogens is 291 g/mol. The lowest BCUT2D eigenvalue weighted by atomic mass is 10.1. The fourth-order valence-electron chi connectivity index (χ4n) is 2.84. The van der Waals surface area contributed by atoms with Crippen molar-refractivity contribution < 1.29 is 4.39 Å². The summed E-state index contributed by atoms with van der Waals surface area (Å²) in [5, 5.41) is 1.01. The molecule has 22 heavy (non-hydrogen) atoms. The van der Waals surface area contributed by atoms with E-state index in [1.807, 2.05) is 6.07 Å². The van der Waals surface area contributed by atoms with Crippen LogP contribution in [-0.4, -0.2) is 0 Å². The van der Waals surface area contributed by atoms with Crippen LogP contribution >= 0.6 is 11.3 Å². The van der Waals surface area contributed by atoms with E-state index in [-0.39, 0.29) is 5.82 Å². The Morgan fingerprint density at radius 3 is 2.32 bits per heavy atom. The maximum Gasteiger partial charge on any atom is 0.144 e. The SMILES string of the molecule is CCCc1ccc(-c2cc3ccc(CCC)c(F)c3s2)cc1. The van der Waals surface area contributed by atoms with Crippen LogP contribution in [0, 0.1) is 5.82 Å². The van der Waals surface area contributed by atoms with Crippen molar-refractivity contribution >= 4 is 21.4 Å². The molecule has 0 spiro atoms. The number of fused-ring (bicyclic) bond motifs is 1. The summed E-state index contributed by atoms with van der Waals surface area (Å²) >= 11 is 1.56. The van der Waals surface area contributed by atoms with E-state index < -0.39 is 0 Å². The largest absolute Gasteiger partial charge is 0.205 e. The molecule has 2 heteroatoms. The van der Waals surface area contributed by atoms with Gasteiger partial charge in [0.05, 0.1) is 4.70 Å². The van der Waals surface area contributed by atoms with Gasteiger partial charge in [0.15, 0.2) is 0 Å². The molecule has 0 amide bonds. The van der Waals surface area contributed by atoms with Crippen molar-refractivity contribution in [2.45, 2.75) is 39.5 Å². The number of benzene rings is 2. The van der Waals surface area contributed by atoms with Gasteiger partial charge in [0.1, 0.15) is 5.82 Å². The van der Waals surface area contributed by atoms with Gasteiger partial charge >= 0.3 is 0 Å². The molecule has 0 unspecified atom stereocenters. The molecule has 1 heterocycles. The quantitative estimate of drug-likeness (QED) is 0.497. The Bertz CT molecular complexity index is 768. The smallest absolute Gasteiger partial charge is 0.144 e. The summed E-state index contributed by atoms with van der Waals surface area (Å²) in [7, 11) is 0. The Morgan fingerprint density at radius 2 is 1.64 bits per heavy atom. The Kier molecular flexibility index (Phi) is 4.58. The monoisotopic (exact) mass is 312 g/mol. The Labute approximate surface area is 135 Å². The van der Waals surface area contributed by atoms with Crippen LogP contribution in [0.4, 0.5) is 4.39 Å². The standard InChI is InChI=1S/C20H21FS/c1-3-5-14-7-9-15(10-8-14)18-13-17-12-11-16(6-4-2)19(21)20(17)22-18/h7-13H,3-6H2,1-2H3. The topological polar surface area (TPSA) is 0 Å². The van der Waals surface area contributed by atoms with E-state index in [0.717, 1.165) is 46.2 Å². The zero-order chi connectivity index (χ0) is 15.5. The van der Waals surface area contributed by atoms with Gasteiger partial charge in [0.25, 0.3) is 0 Å². The molecule has 0 bridgehead atoms. The number of aryl methyl sites for hydroxylation is 2. The summed E-state index contributed by atoms with van der Waals surface area (Å²) in [6.45, 7) is 4.28. The van der Waals surface area contributed by atoms with Gasteiger partial charge in [-0.05, 0) is 41.0 Å². The van der Waals surface area contributed by atoms with Crippen molar-refractivity contribution in [3.8, 4) is 10.4 Å². The van der Waals surface area contributed by atoms with Gasteiger partial charge in [-0.3, -0.25) is 0 Å². The van der Waals surface area contributed by atoms with Crippen LogP contribution in [0.2, 0.25) is 0 Å². The maximum absolute atomic E-state index is 14.6. The van der Waals surface area contributed by atoms with Crippen LogP contribution in [0.15, 0.2) is 42.5 Å². The minimum absolute atomic E-state index is 0.0294. The van der Waals surface area contributed by atoms with E-state index in [2.05, 4.69) is 50.2 Å². The lowest BCUT2D eigenvalue weighted by Gasteiger charge is -2.01. The van der Waals surface area contributed by atoms with Crippen LogP contribution in [0.1, 0.15) is 37.8 Å². The molecule has 0 atom stereocenters. The fraction of sp³-hybridized carbons (Fsp3) is 0.300. The molecule has 3 rings (SSSR count). The van der Waals surface area contributed by atoms with Gasteiger partial charge in [0.2, 0.25) is 0 Å². The van der Waals surface area contributed by atoms with Crippen molar-refractivity contribution in [2.75, 3.05) is 0 Å². The van der Waals surface area contributed by atoms with E-state index in [1.165, 1.54) is 11.1 Å². The molecule has 0 aliphatic heterocycles. The number of hydrogen-bond acceptors (Lipinski definition) is 1. The lowest BCUT2D eigenvalue weighted by molar-refractivity contribution is 0.621. The highest BCUT2D eigenvalue weighted by atomic mass is 32.1. The maximum atomic E-state index is 14.6. The molecule has 0 N–H and O–H groups in total. The zero-order valence-corrected chi connectivity index (χ0v) is 14.0. The third kappa shape index (κ3) is 2.93. The molecular formula is C20H21FS. The van der Waals surface area contributed by atoms with Gasteiger partial charge in [-0.2, -0.15) is 0 Å².